The van der Waals surface area contributed by atoms with Crippen molar-refractivity contribution in [2.75, 3.05) is 0 Å². The zero-order valence-electron chi connectivity index (χ0n) is 6.58. The van der Waals surface area contributed by atoms with Crippen molar-refractivity contribution >= 4 is 0 Å². The lowest BCUT2D eigenvalue weighted by atomic mass is 10.1. The molecule has 0 bridgehead atoms. The lowest BCUT2D eigenvalue weighted by Gasteiger charge is -2.09. The largest absolute Gasteiger partial charge is 0.393 e. The van der Waals surface area contributed by atoms with Gasteiger partial charge in [0.1, 0.15) is 0 Å². The Morgan fingerprint density at radius 1 is 1.20 bits per heavy atom. The van der Waals surface area contributed by atoms with Gasteiger partial charge >= 0.3 is 0 Å². The van der Waals surface area contributed by atoms with Crippen molar-refractivity contribution in [3.63, 3.8) is 0 Å². The molecule has 2 atom stereocenters. The third kappa shape index (κ3) is 6.05. The fourth-order valence-electron chi connectivity index (χ4n) is 0.862. The van der Waals surface area contributed by atoms with E-state index in [4.69, 9.17) is 10.2 Å². The third-order valence-electron chi connectivity index (χ3n) is 1.46. The van der Waals surface area contributed by atoms with Crippen LogP contribution in [0.15, 0.2) is 0 Å². The van der Waals surface area contributed by atoms with Crippen LogP contribution in [0.5, 0.6) is 0 Å². The Morgan fingerprint density at radius 2 is 1.80 bits per heavy atom. The fourth-order valence-corrected chi connectivity index (χ4v) is 0.862. The highest BCUT2D eigenvalue weighted by molar-refractivity contribution is 4.61. The molecule has 0 aliphatic heterocycles. The zero-order valence-corrected chi connectivity index (χ0v) is 6.58. The SMILES string of the molecule is [CH2]C(O)CCC(O)CCC. The van der Waals surface area contributed by atoms with E-state index in [1.807, 2.05) is 6.92 Å². The standard InChI is InChI=1S/C8H17O2/c1-3-4-8(10)6-5-7(2)9/h7-10H,2-6H2,1H3. The number of rotatable bonds is 5. The first-order valence-corrected chi connectivity index (χ1v) is 3.86. The minimum atomic E-state index is -0.522. The molecule has 0 heterocycles. The van der Waals surface area contributed by atoms with Crippen LogP contribution >= 0.6 is 0 Å². The fraction of sp³-hybridized carbons (Fsp3) is 0.875. The highest BCUT2D eigenvalue weighted by Crippen LogP contribution is 2.05. The van der Waals surface area contributed by atoms with Crippen LogP contribution in [0.3, 0.4) is 0 Å². The molecule has 0 aromatic rings. The third-order valence-corrected chi connectivity index (χ3v) is 1.46. The predicted molar refractivity (Wildman–Crippen MR) is 41.5 cm³/mol. The molecule has 0 spiro atoms. The molecule has 0 saturated carbocycles. The van der Waals surface area contributed by atoms with Crippen LogP contribution < -0.4 is 0 Å². The monoisotopic (exact) mass is 145 g/mol. The highest BCUT2D eigenvalue weighted by Gasteiger charge is 2.03. The van der Waals surface area contributed by atoms with Gasteiger partial charge in [-0.2, -0.15) is 0 Å². The predicted octanol–water partition coefficient (Wildman–Crippen LogP) is 1.12. The highest BCUT2D eigenvalue weighted by atomic mass is 16.3. The summed E-state index contributed by atoms with van der Waals surface area (Å²) in [6.07, 6.45) is 2.31. The van der Waals surface area contributed by atoms with Gasteiger partial charge in [-0.3, -0.25) is 0 Å². The minimum Gasteiger partial charge on any atom is -0.393 e. The van der Waals surface area contributed by atoms with Crippen molar-refractivity contribution in [1.29, 1.82) is 0 Å². The van der Waals surface area contributed by atoms with Gasteiger partial charge in [-0.1, -0.05) is 13.3 Å². The molecule has 0 aliphatic carbocycles. The van der Waals surface area contributed by atoms with Crippen molar-refractivity contribution in [2.24, 2.45) is 0 Å². The number of hydrogen-bond acceptors (Lipinski definition) is 2. The molecule has 0 fully saturated rings. The van der Waals surface area contributed by atoms with Crippen LogP contribution in [0, 0.1) is 6.92 Å². The van der Waals surface area contributed by atoms with Crippen molar-refractivity contribution in [1.82, 2.24) is 0 Å². The van der Waals surface area contributed by atoms with E-state index in [1.165, 1.54) is 0 Å². The second-order valence-electron chi connectivity index (χ2n) is 2.67. The van der Waals surface area contributed by atoms with Gasteiger partial charge in [0, 0.05) is 0 Å². The molecule has 0 aliphatic rings. The molecule has 61 valence electrons. The Balaban J connectivity index is 3.12. The van der Waals surface area contributed by atoms with E-state index in [0.29, 0.717) is 12.8 Å². The van der Waals surface area contributed by atoms with E-state index in [9.17, 15) is 0 Å². The maximum absolute atomic E-state index is 9.16. The van der Waals surface area contributed by atoms with E-state index in [-0.39, 0.29) is 6.10 Å². The van der Waals surface area contributed by atoms with Crippen molar-refractivity contribution in [3.8, 4) is 0 Å². The molecule has 10 heavy (non-hydrogen) atoms. The molecular weight excluding hydrogens is 128 g/mol. The Hall–Kier alpha value is -0.0800. The normalized spacial score (nSPS) is 16.8. The van der Waals surface area contributed by atoms with Gasteiger partial charge < -0.3 is 10.2 Å². The molecule has 0 saturated heterocycles. The average molecular weight is 145 g/mol. The zero-order chi connectivity index (χ0) is 7.98. The van der Waals surface area contributed by atoms with Crippen molar-refractivity contribution < 1.29 is 10.2 Å². The van der Waals surface area contributed by atoms with Gasteiger partial charge in [0.15, 0.2) is 0 Å². The first-order valence-electron chi connectivity index (χ1n) is 3.86. The molecule has 0 aromatic carbocycles. The van der Waals surface area contributed by atoms with Gasteiger partial charge in [0.25, 0.3) is 0 Å². The smallest absolute Gasteiger partial charge is 0.0542 e. The van der Waals surface area contributed by atoms with Gasteiger partial charge in [0.05, 0.1) is 12.2 Å². The molecule has 2 nitrogen and oxygen atoms in total. The molecule has 1 radical (unpaired) electrons. The number of aliphatic hydroxyl groups excluding tert-OH is 2. The maximum Gasteiger partial charge on any atom is 0.0542 e. The Bertz CT molecular complexity index is 71.7. The van der Waals surface area contributed by atoms with Gasteiger partial charge in [-0.25, -0.2) is 0 Å². The molecule has 2 heteroatoms. The van der Waals surface area contributed by atoms with Crippen LogP contribution in [-0.4, -0.2) is 22.4 Å². The summed E-state index contributed by atoms with van der Waals surface area (Å²) in [5.41, 5.74) is 0. The van der Waals surface area contributed by atoms with E-state index in [2.05, 4.69) is 6.92 Å². The Kier molecular flexibility index (Phi) is 5.64. The molecule has 0 rings (SSSR count). The Labute approximate surface area is 62.9 Å². The van der Waals surface area contributed by atoms with Crippen molar-refractivity contribution in [2.45, 2.75) is 44.8 Å². The maximum atomic E-state index is 9.16. The number of hydrogen-bond donors (Lipinski definition) is 2. The summed E-state index contributed by atoms with van der Waals surface area (Å²) >= 11 is 0. The van der Waals surface area contributed by atoms with Crippen LogP contribution in [0.4, 0.5) is 0 Å². The Morgan fingerprint density at radius 3 is 2.20 bits per heavy atom. The lowest BCUT2D eigenvalue weighted by Crippen LogP contribution is -2.10. The topological polar surface area (TPSA) is 40.5 Å². The summed E-state index contributed by atoms with van der Waals surface area (Å²) in [6.45, 7) is 5.45. The summed E-state index contributed by atoms with van der Waals surface area (Å²) in [4.78, 5) is 0. The molecule has 0 amide bonds. The molecule has 2 unspecified atom stereocenters. The van der Waals surface area contributed by atoms with E-state index in [0.717, 1.165) is 12.8 Å². The summed E-state index contributed by atoms with van der Waals surface area (Å²) in [5.74, 6) is 0. The summed E-state index contributed by atoms with van der Waals surface area (Å²) in [7, 11) is 0. The van der Waals surface area contributed by atoms with Crippen LogP contribution in [0.2, 0.25) is 0 Å². The first kappa shape index (κ1) is 9.92. The second kappa shape index (κ2) is 5.69. The van der Waals surface area contributed by atoms with E-state index < -0.39 is 6.10 Å². The molecular formula is C8H17O2. The first-order chi connectivity index (χ1) is 4.66. The van der Waals surface area contributed by atoms with Crippen LogP contribution in [0.1, 0.15) is 32.6 Å². The summed E-state index contributed by atoms with van der Waals surface area (Å²) < 4.78 is 0. The lowest BCUT2D eigenvalue weighted by molar-refractivity contribution is 0.124. The summed E-state index contributed by atoms with van der Waals surface area (Å²) in [6, 6.07) is 0. The van der Waals surface area contributed by atoms with E-state index >= 15 is 0 Å². The average Bonchev–Trinajstić information content (AvgIpc) is 1.85. The minimum absolute atomic E-state index is 0.249. The van der Waals surface area contributed by atoms with Gasteiger partial charge in [0.2, 0.25) is 0 Å². The second-order valence-corrected chi connectivity index (χ2v) is 2.67. The van der Waals surface area contributed by atoms with E-state index in [1.54, 1.807) is 0 Å². The van der Waals surface area contributed by atoms with Crippen molar-refractivity contribution in [3.05, 3.63) is 6.92 Å². The quantitative estimate of drug-likeness (QED) is 0.608. The van der Waals surface area contributed by atoms with Crippen LogP contribution in [0.25, 0.3) is 0 Å². The number of aliphatic hydroxyl groups is 2. The summed E-state index contributed by atoms with van der Waals surface area (Å²) in [5, 5.41) is 17.9. The van der Waals surface area contributed by atoms with Gasteiger partial charge in [-0.15, -0.1) is 0 Å². The van der Waals surface area contributed by atoms with Gasteiger partial charge in [-0.05, 0) is 26.2 Å². The molecule has 2 N–H and O–H groups in total. The van der Waals surface area contributed by atoms with Crippen LogP contribution in [-0.2, 0) is 0 Å². The molecule has 0 aromatic heterocycles.